The van der Waals surface area contributed by atoms with Crippen molar-refractivity contribution in [1.29, 1.82) is 0 Å². The number of rotatable bonds is 4. The van der Waals surface area contributed by atoms with Crippen molar-refractivity contribution in [3.05, 3.63) is 30.1 Å². The van der Waals surface area contributed by atoms with E-state index in [0.29, 0.717) is 11.8 Å². The zero-order valence-corrected chi connectivity index (χ0v) is 13.7. The van der Waals surface area contributed by atoms with Gasteiger partial charge in [-0.15, -0.1) is 5.10 Å². The maximum atomic E-state index is 4.78. The zero-order valence-electron chi connectivity index (χ0n) is 13.7. The zero-order chi connectivity index (χ0) is 16.1. The number of hydrogen-bond donors (Lipinski definition) is 2. The molecule has 3 aromatic rings. The Bertz CT molecular complexity index is 876. The van der Waals surface area contributed by atoms with E-state index in [4.69, 9.17) is 4.98 Å². The van der Waals surface area contributed by atoms with Gasteiger partial charge >= 0.3 is 0 Å². The van der Waals surface area contributed by atoms with E-state index in [0.717, 1.165) is 36.2 Å². The summed E-state index contributed by atoms with van der Waals surface area (Å²) in [5, 5.41) is 15.5. The first-order valence-corrected chi connectivity index (χ1v) is 8.69. The molecular formula is C17H21N7. The molecule has 2 fully saturated rings. The smallest absolute Gasteiger partial charge is 0.245 e. The van der Waals surface area contributed by atoms with E-state index in [1.165, 1.54) is 25.0 Å². The predicted molar refractivity (Wildman–Crippen MR) is 92.8 cm³/mol. The fraction of sp³-hybridized carbons (Fsp3) is 0.471. The van der Waals surface area contributed by atoms with Gasteiger partial charge in [-0.3, -0.25) is 5.10 Å². The lowest BCUT2D eigenvalue weighted by Crippen LogP contribution is -2.23. The molecule has 0 unspecified atom stereocenters. The van der Waals surface area contributed by atoms with Crippen LogP contribution in [-0.4, -0.2) is 37.9 Å². The molecular weight excluding hydrogens is 302 g/mol. The Kier molecular flexibility index (Phi) is 3.01. The van der Waals surface area contributed by atoms with Gasteiger partial charge in [-0.05, 0) is 37.3 Å². The Hall–Kier alpha value is -2.57. The van der Waals surface area contributed by atoms with Gasteiger partial charge in [0.1, 0.15) is 5.52 Å². The van der Waals surface area contributed by atoms with Crippen LogP contribution in [0, 0.1) is 5.92 Å². The number of aromatic nitrogens is 5. The highest BCUT2D eigenvalue weighted by molar-refractivity contribution is 5.73. The van der Waals surface area contributed by atoms with Crippen LogP contribution in [-0.2, 0) is 0 Å². The first-order chi connectivity index (χ1) is 11.8. The molecule has 1 aliphatic carbocycles. The van der Waals surface area contributed by atoms with Crippen LogP contribution in [0.15, 0.2) is 24.4 Å². The molecule has 2 aliphatic rings. The molecule has 7 heteroatoms. The van der Waals surface area contributed by atoms with E-state index in [1.54, 1.807) is 0 Å². The summed E-state index contributed by atoms with van der Waals surface area (Å²) in [4.78, 5) is 7.04. The molecule has 0 amide bonds. The second-order valence-corrected chi connectivity index (χ2v) is 7.05. The van der Waals surface area contributed by atoms with Crippen molar-refractivity contribution in [1.82, 2.24) is 24.8 Å². The molecule has 24 heavy (non-hydrogen) atoms. The SMILES string of the molecule is C[C@@H]1CCN(c2nc(Nc3cc(C4CC4)[nH]n3)c3cccn3n2)C1. The quantitative estimate of drug-likeness (QED) is 0.772. The van der Waals surface area contributed by atoms with Gasteiger partial charge in [0.05, 0.1) is 0 Å². The van der Waals surface area contributed by atoms with Gasteiger partial charge in [0.15, 0.2) is 11.6 Å². The number of nitrogens with zero attached hydrogens (tertiary/aromatic N) is 5. The number of hydrogen-bond acceptors (Lipinski definition) is 5. The van der Waals surface area contributed by atoms with Crippen LogP contribution in [0.3, 0.4) is 0 Å². The van der Waals surface area contributed by atoms with Gasteiger partial charge in [0.25, 0.3) is 0 Å². The van der Waals surface area contributed by atoms with Crippen LogP contribution in [0.25, 0.3) is 5.52 Å². The molecule has 2 N–H and O–H groups in total. The summed E-state index contributed by atoms with van der Waals surface area (Å²) >= 11 is 0. The number of aromatic amines is 1. The van der Waals surface area contributed by atoms with Gasteiger partial charge in [0.2, 0.25) is 5.95 Å². The van der Waals surface area contributed by atoms with Crippen LogP contribution >= 0.6 is 0 Å². The average Bonchev–Trinajstić information content (AvgIpc) is 2.99. The second kappa shape index (κ2) is 5.22. The second-order valence-electron chi connectivity index (χ2n) is 7.05. The Balaban J connectivity index is 1.49. The number of anilines is 3. The molecule has 1 atom stereocenters. The van der Waals surface area contributed by atoms with Gasteiger partial charge in [-0.2, -0.15) is 10.1 Å². The van der Waals surface area contributed by atoms with Crippen LogP contribution in [0.5, 0.6) is 0 Å². The van der Waals surface area contributed by atoms with E-state index in [1.807, 2.05) is 22.8 Å². The summed E-state index contributed by atoms with van der Waals surface area (Å²) in [5.41, 5.74) is 2.17. The Morgan fingerprint density at radius 1 is 1.29 bits per heavy atom. The minimum absolute atomic E-state index is 0.661. The van der Waals surface area contributed by atoms with Crippen molar-refractivity contribution in [2.24, 2.45) is 5.92 Å². The van der Waals surface area contributed by atoms with Gasteiger partial charge in [-0.1, -0.05) is 6.92 Å². The summed E-state index contributed by atoms with van der Waals surface area (Å²) in [5.74, 6) is 3.76. The standard InChI is InChI=1S/C17H21N7/c1-11-6-8-23(10-11)17-19-16(14-3-2-7-24(14)22-17)18-15-9-13(20-21-15)12-4-5-12/h2-3,7,9,11-12H,4-6,8,10H2,1H3,(H2,18,19,20,21,22)/t11-/m1/s1. The van der Waals surface area contributed by atoms with Crippen molar-refractivity contribution >= 4 is 23.1 Å². The third-order valence-electron chi connectivity index (χ3n) is 4.95. The highest BCUT2D eigenvalue weighted by atomic mass is 15.4. The first kappa shape index (κ1) is 13.8. The maximum absolute atomic E-state index is 4.78. The highest BCUT2D eigenvalue weighted by Gasteiger charge is 2.26. The molecule has 7 nitrogen and oxygen atoms in total. The van der Waals surface area contributed by atoms with E-state index in [9.17, 15) is 0 Å². The van der Waals surface area contributed by atoms with E-state index < -0.39 is 0 Å². The molecule has 5 rings (SSSR count). The number of nitrogens with one attached hydrogen (secondary N) is 2. The normalized spacial score (nSPS) is 20.9. The first-order valence-electron chi connectivity index (χ1n) is 8.69. The molecule has 0 bridgehead atoms. The lowest BCUT2D eigenvalue weighted by molar-refractivity contribution is 0.657. The average molecular weight is 323 g/mol. The van der Waals surface area contributed by atoms with Crippen molar-refractivity contribution in [3.63, 3.8) is 0 Å². The highest BCUT2D eigenvalue weighted by Crippen LogP contribution is 2.39. The lowest BCUT2D eigenvalue weighted by Gasteiger charge is -2.17. The Morgan fingerprint density at radius 3 is 3.00 bits per heavy atom. The summed E-state index contributed by atoms with van der Waals surface area (Å²) in [6, 6.07) is 6.11. The largest absolute Gasteiger partial charge is 0.339 e. The molecule has 1 saturated heterocycles. The molecule has 1 saturated carbocycles. The molecule has 4 heterocycles. The fourth-order valence-corrected chi connectivity index (χ4v) is 3.39. The van der Waals surface area contributed by atoms with Crippen LogP contribution < -0.4 is 10.2 Å². The summed E-state index contributed by atoms with van der Waals surface area (Å²) < 4.78 is 1.89. The lowest BCUT2D eigenvalue weighted by atomic mass is 10.2. The molecule has 124 valence electrons. The predicted octanol–water partition coefficient (Wildman–Crippen LogP) is 2.92. The topological polar surface area (TPSA) is 74.1 Å². The van der Waals surface area contributed by atoms with Gasteiger partial charge in [-0.25, -0.2) is 4.52 Å². The summed E-state index contributed by atoms with van der Waals surface area (Å²) in [6.45, 7) is 4.30. The van der Waals surface area contributed by atoms with Crippen molar-refractivity contribution in [3.8, 4) is 0 Å². The Morgan fingerprint density at radius 2 is 2.21 bits per heavy atom. The third-order valence-corrected chi connectivity index (χ3v) is 4.95. The summed E-state index contributed by atoms with van der Waals surface area (Å²) in [7, 11) is 0. The minimum atomic E-state index is 0.661. The van der Waals surface area contributed by atoms with Crippen molar-refractivity contribution in [2.75, 3.05) is 23.3 Å². The minimum Gasteiger partial charge on any atom is -0.339 e. The van der Waals surface area contributed by atoms with Crippen LogP contribution in [0.1, 0.15) is 37.8 Å². The molecule has 0 aromatic carbocycles. The van der Waals surface area contributed by atoms with Crippen LogP contribution in [0.4, 0.5) is 17.6 Å². The third kappa shape index (κ3) is 2.40. The number of H-pyrrole nitrogens is 1. The molecule has 3 aromatic heterocycles. The number of fused-ring (bicyclic) bond motifs is 1. The molecule has 1 aliphatic heterocycles. The van der Waals surface area contributed by atoms with Crippen molar-refractivity contribution < 1.29 is 0 Å². The van der Waals surface area contributed by atoms with Gasteiger partial charge in [0, 0.05) is 37.0 Å². The van der Waals surface area contributed by atoms with Crippen molar-refractivity contribution in [2.45, 2.75) is 32.1 Å². The van der Waals surface area contributed by atoms with E-state index in [2.05, 4.69) is 38.5 Å². The summed E-state index contributed by atoms with van der Waals surface area (Å²) in [6.07, 6.45) is 5.68. The molecule has 0 radical (unpaired) electrons. The van der Waals surface area contributed by atoms with Gasteiger partial charge < -0.3 is 10.2 Å². The van der Waals surface area contributed by atoms with E-state index in [-0.39, 0.29) is 0 Å². The monoisotopic (exact) mass is 323 g/mol. The Labute approximate surface area is 140 Å². The van der Waals surface area contributed by atoms with Crippen LogP contribution in [0.2, 0.25) is 0 Å². The van der Waals surface area contributed by atoms with E-state index >= 15 is 0 Å². The fourth-order valence-electron chi connectivity index (χ4n) is 3.39. The molecule has 0 spiro atoms. The maximum Gasteiger partial charge on any atom is 0.245 e.